The summed E-state index contributed by atoms with van der Waals surface area (Å²) in [7, 11) is 1.07. The van der Waals surface area contributed by atoms with Crippen molar-refractivity contribution in [1.29, 1.82) is 0 Å². The van der Waals surface area contributed by atoms with Gasteiger partial charge < -0.3 is 14.2 Å². The van der Waals surface area contributed by atoms with Crippen LogP contribution in [0.15, 0.2) is 18.2 Å². The maximum atomic E-state index is 13.6. The van der Waals surface area contributed by atoms with E-state index in [-0.39, 0.29) is 25.7 Å². The molecule has 0 N–H and O–H groups in total. The van der Waals surface area contributed by atoms with Crippen LogP contribution in [0.4, 0.5) is 0 Å². The molecule has 0 saturated carbocycles. The Morgan fingerprint density at radius 2 is 1.87 bits per heavy atom. The van der Waals surface area contributed by atoms with Crippen LogP contribution in [0.1, 0.15) is 31.4 Å². The lowest BCUT2D eigenvalue weighted by molar-refractivity contribution is -0.149. The summed E-state index contributed by atoms with van der Waals surface area (Å²) < 4.78 is 44.3. The molecule has 0 amide bonds. The van der Waals surface area contributed by atoms with Crippen molar-refractivity contribution in [2.45, 2.75) is 31.1 Å². The predicted octanol–water partition coefficient (Wildman–Crippen LogP) is 1.60. The van der Waals surface area contributed by atoms with Gasteiger partial charge in [-0.1, -0.05) is 0 Å². The number of rotatable bonds is 7. The van der Waals surface area contributed by atoms with Crippen molar-refractivity contribution < 1.29 is 32.3 Å². The predicted molar refractivity (Wildman–Crippen MR) is 110 cm³/mol. The van der Waals surface area contributed by atoms with Gasteiger partial charge in [-0.3, -0.25) is 9.63 Å². The highest BCUT2D eigenvalue weighted by atomic mass is 32.2. The molecule has 30 heavy (non-hydrogen) atoms. The normalized spacial score (nSPS) is 25.8. The van der Waals surface area contributed by atoms with Crippen molar-refractivity contribution in [2.24, 2.45) is 5.92 Å². The molecular weight excluding hydrogens is 412 g/mol. The van der Waals surface area contributed by atoms with Crippen LogP contribution in [-0.4, -0.2) is 76.6 Å². The van der Waals surface area contributed by atoms with Gasteiger partial charge in [-0.2, -0.15) is 5.06 Å². The molecule has 0 radical (unpaired) electrons. The molecule has 0 aromatic heterocycles. The molecule has 0 bridgehead atoms. The molecule has 0 spiro atoms. The highest BCUT2D eigenvalue weighted by molar-refractivity contribution is 7.89. The third kappa shape index (κ3) is 4.56. The van der Waals surface area contributed by atoms with Gasteiger partial charge in [0.1, 0.15) is 16.7 Å². The fraction of sp³-hybridized carbons (Fsp3) is 0.650. The number of carbonyl (C=O) groups is 1. The molecule has 3 atom stereocenters. The Bertz CT molecular complexity index is 838. The van der Waals surface area contributed by atoms with Crippen molar-refractivity contribution in [3.05, 3.63) is 23.8 Å². The van der Waals surface area contributed by atoms with Gasteiger partial charge in [0, 0.05) is 26.2 Å². The number of piperidine rings is 1. The lowest BCUT2D eigenvalue weighted by Crippen LogP contribution is -2.48. The lowest BCUT2D eigenvalue weighted by atomic mass is 10.0. The van der Waals surface area contributed by atoms with Crippen molar-refractivity contribution in [3.8, 4) is 11.5 Å². The highest BCUT2D eigenvalue weighted by Crippen LogP contribution is 2.39. The van der Waals surface area contributed by atoms with Crippen LogP contribution in [0.3, 0.4) is 0 Å². The summed E-state index contributed by atoms with van der Waals surface area (Å²) in [5.41, 5.74) is 0.721. The second-order valence-corrected chi connectivity index (χ2v) is 9.62. The zero-order chi connectivity index (χ0) is 21.9. The molecule has 2 saturated heterocycles. The van der Waals surface area contributed by atoms with E-state index < -0.39 is 27.2 Å². The number of hydrogen-bond acceptors (Lipinski definition) is 8. The van der Waals surface area contributed by atoms with E-state index in [1.54, 1.807) is 51.5 Å². The second-order valence-electron chi connectivity index (χ2n) is 7.47. The Hall–Kier alpha value is -1.88. The Morgan fingerprint density at radius 1 is 1.20 bits per heavy atom. The zero-order valence-electron chi connectivity index (χ0n) is 17.9. The van der Waals surface area contributed by atoms with E-state index in [0.717, 1.165) is 5.56 Å². The minimum Gasteiger partial charge on any atom is -0.497 e. The van der Waals surface area contributed by atoms with Crippen LogP contribution in [0.2, 0.25) is 0 Å². The van der Waals surface area contributed by atoms with E-state index >= 15 is 0 Å². The third-order valence-corrected chi connectivity index (χ3v) is 7.86. The third-order valence-electron chi connectivity index (χ3n) is 5.65. The molecule has 3 unspecified atom stereocenters. The summed E-state index contributed by atoms with van der Waals surface area (Å²) in [6, 6.07) is 4.77. The van der Waals surface area contributed by atoms with Gasteiger partial charge in [0.05, 0.1) is 39.4 Å². The number of nitrogens with zero attached hydrogens (tertiary/aromatic N) is 2. The molecule has 1 aromatic rings. The Labute approximate surface area is 177 Å². The minimum atomic E-state index is -3.74. The largest absolute Gasteiger partial charge is 0.497 e. The molecule has 3 rings (SSSR count). The first-order valence-corrected chi connectivity index (χ1v) is 11.6. The molecule has 0 aliphatic carbocycles. The average molecular weight is 443 g/mol. The van der Waals surface area contributed by atoms with Gasteiger partial charge in [-0.05, 0) is 37.5 Å². The van der Waals surface area contributed by atoms with Crippen LogP contribution < -0.4 is 9.47 Å². The molecule has 2 heterocycles. The van der Waals surface area contributed by atoms with Gasteiger partial charge in [-0.15, -0.1) is 0 Å². The fourth-order valence-electron chi connectivity index (χ4n) is 4.09. The number of hydroxylamine groups is 2. The van der Waals surface area contributed by atoms with Gasteiger partial charge in [0.2, 0.25) is 10.0 Å². The van der Waals surface area contributed by atoms with Crippen LogP contribution >= 0.6 is 0 Å². The van der Waals surface area contributed by atoms with Crippen LogP contribution in [0.25, 0.3) is 0 Å². The van der Waals surface area contributed by atoms with Gasteiger partial charge in [0.25, 0.3) is 0 Å². The number of carbonyl (C=O) groups excluding carboxylic acids is 1. The van der Waals surface area contributed by atoms with Crippen LogP contribution in [0, 0.1) is 5.92 Å². The maximum Gasteiger partial charge on any atom is 0.310 e. The van der Waals surface area contributed by atoms with Crippen molar-refractivity contribution in [1.82, 2.24) is 9.37 Å². The number of sulfonamides is 1. The summed E-state index contributed by atoms with van der Waals surface area (Å²) in [5, 5.41) is 0.740. The number of benzene rings is 1. The zero-order valence-corrected chi connectivity index (χ0v) is 18.7. The topological polar surface area (TPSA) is 94.6 Å². The number of ether oxygens (including phenoxy) is 3. The monoisotopic (exact) mass is 442 g/mol. The number of hydrogen-bond donors (Lipinski definition) is 0. The highest BCUT2D eigenvalue weighted by Gasteiger charge is 2.47. The minimum absolute atomic E-state index is 0.0313. The molecule has 2 fully saturated rings. The van der Waals surface area contributed by atoms with Crippen molar-refractivity contribution >= 4 is 16.0 Å². The van der Waals surface area contributed by atoms with Crippen molar-refractivity contribution in [2.75, 3.05) is 47.6 Å². The van der Waals surface area contributed by atoms with Crippen LogP contribution in [0.5, 0.6) is 11.5 Å². The Kier molecular flexibility index (Phi) is 7.22. The van der Waals surface area contributed by atoms with Gasteiger partial charge >= 0.3 is 5.97 Å². The quantitative estimate of drug-likeness (QED) is 0.588. The lowest BCUT2D eigenvalue weighted by Gasteiger charge is -2.34. The van der Waals surface area contributed by atoms with E-state index in [2.05, 4.69) is 0 Å². The van der Waals surface area contributed by atoms with E-state index in [1.165, 1.54) is 4.31 Å². The Balaban J connectivity index is 1.88. The van der Waals surface area contributed by atoms with E-state index in [4.69, 9.17) is 19.0 Å². The summed E-state index contributed by atoms with van der Waals surface area (Å²) in [6.07, 6.45) is 1.24. The van der Waals surface area contributed by atoms with Crippen molar-refractivity contribution in [3.63, 3.8) is 0 Å². The summed E-state index contributed by atoms with van der Waals surface area (Å²) in [6.45, 7) is 2.57. The number of esters is 1. The summed E-state index contributed by atoms with van der Waals surface area (Å²) >= 11 is 0. The summed E-state index contributed by atoms with van der Waals surface area (Å²) in [4.78, 5) is 17.8. The molecule has 2 aliphatic rings. The number of methoxy groups -OCH3 is 2. The van der Waals surface area contributed by atoms with Crippen LogP contribution in [-0.2, 0) is 24.4 Å². The van der Waals surface area contributed by atoms with E-state index in [0.29, 0.717) is 30.9 Å². The average Bonchev–Trinajstić information content (AvgIpc) is 3.15. The molecule has 9 nitrogen and oxygen atoms in total. The van der Waals surface area contributed by atoms with Gasteiger partial charge in [0.15, 0.2) is 0 Å². The molecule has 168 valence electrons. The second kappa shape index (κ2) is 9.51. The smallest absolute Gasteiger partial charge is 0.310 e. The SMILES string of the molecule is CCOC(=O)C1CCCN(S(=O)(=O)C2CON(C)C2c2cc(OC)cc(OC)c2)C1. The summed E-state index contributed by atoms with van der Waals surface area (Å²) in [5.74, 6) is 0.359. The van der Waals surface area contributed by atoms with Gasteiger partial charge in [-0.25, -0.2) is 12.7 Å². The first-order valence-electron chi connectivity index (χ1n) is 10.1. The van der Waals surface area contributed by atoms with E-state index in [1.807, 2.05) is 0 Å². The molecule has 10 heteroatoms. The molecule has 2 aliphatic heterocycles. The van der Waals surface area contributed by atoms with E-state index in [9.17, 15) is 13.2 Å². The standard InChI is InChI=1S/C20H30N2O7S/c1-5-28-20(23)14-7-6-8-22(12-14)30(24,25)18-13-29-21(2)19(18)15-9-16(26-3)11-17(10-15)27-4/h9-11,14,18-19H,5-8,12-13H2,1-4H3. The first-order chi connectivity index (χ1) is 14.3. The molecular formula is C20H30N2O7S. The maximum absolute atomic E-state index is 13.6. The Morgan fingerprint density at radius 3 is 2.47 bits per heavy atom. The molecule has 1 aromatic carbocycles. The first kappa shape index (κ1) is 22.8. The fourth-order valence-corrected chi connectivity index (χ4v) is 6.13.